The molecule has 0 fully saturated rings. The molecule has 0 saturated heterocycles. The highest BCUT2D eigenvalue weighted by atomic mass is 32.2. The number of hydrogen-bond donors (Lipinski definition) is 0. The van der Waals surface area contributed by atoms with Gasteiger partial charge in [-0.15, -0.1) is 0 Å². The van der Waals surface area contributed by atoms with Gasteiger partial charge in [0.15, 0.2) is 0 Å². The maximum atomic E-state index is 13.8. The Morgan fingerprint density at radius 1 is 1.05 bits per heavy atom. The van der Waals surface area contributed by atoms with Gasteiger partial charge in [0.25, 0.3) is 0 Å². The summed E-state index contributed by atoms with van der Waals surface area (Å²) in [5, 5.41) is 0. The summed E-state index contributed by atoms with van der Waals surface area (Å²) in [6.07, 6.45) is 0.572. The van der Waals surface area contributed by atoms with Gasteiger partial charge in [-0.2, -0.15) is 4.31 Å². The Morgan fingerprint density at radius 3 is 2.36 bits per heavy atom. The van der Waals surface area contributed by atoms with Crippen molar-refractivity contribution in [2.75, 3.05) is 6.54 Å². The Balaban J connectivity index is 2.39. The van der Waals surface area contributed by atoms with Crippen LogP contribution in [0.1, 0.15) is 18.9 Å². The van der Waals surface area contributed by atoms with Crippen LogP contribution >= 0.6 is 0 Å². The van der Waals surface area contributed by atoms with Crippen LogP contribution in [-0.4, -0.2) is 19.3 Å². The predicted octanol–water partition coefficient (Wildman–Crippen LogP) is 3.57. The molecule has 3 nitrogen and oxygen atoms in total. The summed E-state index contributed by atoms with van der Waals surface area (Å²) in [7, 11) is -4.10. The van der Waals surface area contributed by atoms with Gasteiger partial charge in [0.2, 0.25) is 10.0 Å². The number of benzene rings is 2. The van der Waals surface area contributed by atoms with Crippen molar-refractivity contribution in [2.45, 2.75) is 24.8 Å². The number of halogens is 2. The van der Waals surface area contributed by atoms with Gasteiger partial charge in [-0.1, -0.05) is 37.3 Å². The topological polar surface area (TPSA) is 37.4 Å². The first-order valence-corrected chi connectivity index (χ1v) is 8.38. The van der Waals surface area contributed by atoms with Crippen molar-refractivity contribution in [3.8, 4) is 0 Å². The molecule has 0 unspecified atom stereocenters. The van der Waals surface area contributed by atoms with Gasteiger partial charge >= 0.3 is 0 Å². The van der Waals surface area contributed by atoms with Crippen molar-refractivity contribution in [1.82, 2.24) is 4.31 Å². The molecule has 0 aliphatic heterocycles. The van der Waals surface area contributed by atoms with E-state index in [4.69, 9.17) is 0 Å². The van der Waals surface area contributed by atoms with Gasteiger partial charge in [0, 0.05) is 13.1 Å². The molecule has 0 radical (unpaired) electrons. The molecule has 118 valence electrons. The Labute approximate surface area is 129 Å². The highest BCUT2D eigenvalue weighted by Gasteiger charge is 2.27. The molecule has 2 aromatic carbocycles. The Morgan fingerprint density at radius 2 is 1.73 bits per heavy atom. The van der Waals surface area contributed by atoms with Crippen LogP contribution in [0, 0.1) is 11.6 Å². The molecule has 0 amide bonds. The van der Waals surface area contributed by atoms with E-state index in [1.54, 1.807) is 24.3 Å². The van der Waals surface area contributed by atoms with Gasteiger partial charge in [-0.25, -0.2) is 17.2 Å². The van der Waals surface area contributed by atoms with E-state index in [0.29, 0.717) is 6.42 Å². The van der Waals surface area contributed by atoms with Crippen LogP contribution in [0.4, 0.5) is 8.78 Å². The van der Waals surface area contributed by atoms with E-state index in [0.717, 1.165) is 23.8 Å². The van der Waals surface area contributed by atoms with Crippen LogP contribution in [-0.2, 0) is 16.6 Å². The zero-order chi connectivity index (χ0) is 16.2. The first-order valence-electron chi connectivity index (χ1n) is 6.94. The Hall–Kier alpha value is -1.79. The molecule has 6 heteroatoms. The standard InChI is InChI=1S/C16H17F2NO2S/c1-2-10-19(12-13-6-4-3-5-7-13)22(20,21)16-11-14(17)8-9-15(16)18/h3-9,11H,2,10,12H2,1H3. The normalized spacial score (nSPS) is 11.8. The van der Waals surface area contributed by atoms with Crippen LogP contribution in [0.2, 0.25) is 0 Å². The third-order valence-electron chi connectivity index (χ3n) is 3.19. The summed E-state index contributed by atoms with van der Waals surface area (Å²) in [4.78, 5) is -0.628. The Kier molecular flexibility index (Phi) is 5.26. The second-order valence-corrected chi connectivity index (χ2v) is 6.81. The molecule has 0 bridgehead atoms. The number of rotatable bonds is 6. The lowest BCUT2D eigenvalue weighted by atomic mass is 10.2. The average Bonchev–Trinajstić information content (AvgIpc) is 2.50. The van der Waals surface area contributed by atoms with Gasteiger partial charge in [-0.05, 0) is 30.2 Å². The number of hydrogen-bond acceptors (Lipinski definition) is 2. The van der Waals surface area contributed by atoms with Crippen molar-refractivity contribution >= 4 is 10.0 Å². The minimum absolute atomic E-state index is 0.118. The van der Waals surface area contributed by atoms with Gasteiger partial charge in [-0.3, -0.25) is 0 Å². The van der Waals surface area contributed by atoms with E-state index >= 15 is 0 Å². The Bertz CT molecular complexity index is 733. The molecular formula is C16H17F2NO2S. The quantitative estimate of drug-likeness (QED) is 0.814. The maximum Gasteiger partial charge on any atom is 0.246 e. The average molecular weight is 325 g/mol. The molecule has 22 heavy (non-hydrogen) atoms. The maximum absolute atomic E-state index is 13.8. The largest absolute Gasteiger partial charge is 0.246 e. The monoisotopic (exact) mass is 325 g/mol. The van der Waals surface area contributed by atoms with Crippen molar-refractivity contribution in [3.05, 3.63) is 65.7 Å². The molecule has 2 rings (SSSR count). The second kappa shape index (κ2) is 6.98. The lowest BCUT2D eigenvalue weighted by Gasteiger charge is -2.22. The molecule has 0 aliphatic carbocycles. The van der Waals surface area contributed by atoms with Crippen LogP contribution in [0.5, 0.6) is 0 Å². The van der Waals surface area contributed by atoms with Gasteiger partial charge < -0.3 is 0 Å². The summed E-state index contributed by atoms with van der Waals surface area (Å²) < 4.78 is 53.5. The van der Waals surface area contributed by atoms with Crippen LogP contribution < -0.4 is 0 Å². The fraction of sp³-hybridized carbons (Fsp3) is 0.250. The van der Waals surface area contributed by atoms with Crippen molar-refractivity contribution in [3.63, 3.8) is 0 Å². The highest BCUT2D eigenvalue weighted by Crippen LogP contribution is 2.22. The van der Waals surface area contributed by atoms with E-state index in [-0.39, 0.29) is 13.1 Å². The van der Waals surface area contributed by atoms with Crippen LogP contribution in [0.25, 0.3) is 0 Å². The number of sulfonamides is 1. The first kappa shape index (κ1) is 16.6. The zero-order valence-electron chi connectivity index (χ0n) is 12.2. The molecule has 0 aromatic heterocycles. The van der Waals surface area contributed by atoms with Gasteiger partial charge in [0.05, 0.1) is 0 Å². The molecule has 0 heterocycles. The summed E-state index contributed by atoms with van der Waals surface area (Å²) in [5.41, 5.74) is 0.788. The molecule has 2 aromatic rings. The third-order valence-corrected chi connectivity index (χ3v) is 5.05. The fourth-order valence-electron chi connectivity index (χ4n) is 2.13. The molecule has 0 atom stereocenters. The summed E-state index contributed by atoms with van der Waals surface area (Å²) >= 11 is 0. The van der Waals surface area contributed by atoms with Crippen molar-refractivity contribution in [1.29, 1.82) is 0 Å². The second-order valence-electron chi connectivity index (χ2n) is 4.90. The van der Waals surface area contributed by atoms with E-state index in [1.807, 2.05) is 13.0 Å². The molecule has 0 aliphatic rings. The predicted molar refractivity (Wildman–Crippen MR) is 80.7 cm³/mol. The van der Waals surface area contributed by atoms with Crippen molar-refractivity contribution < 1.29 is 17.2 Å². The van der Waals surface area contributed by atoms with E-state index < -0.39 is 26.6 Å². The van der Waals surface area contributed by atoms with Gasteiger partial charge in [0.1, 0.15) is 16.5 Å². The smallest absolute Gasteiger partial charge is 0.207 e. The minimum Gasteiger partial charge on any atom is -0.207 e. The van der Waals surface area contributed by atoms with Crippen molar-refractivity contribution in [2.24, 2.45) is 0 Å². The summed E-state index contributed by atoms with van der Waals surface area (Å²) in [6.45, 7) is 2.18. The summed E-state index contributed by atoms with van der Waals surface area (Å²) in [6, 6.07) is 11.5. The van der Waals surface area contributed by atoms with E-state index in [1.165, 1.54) is 4.31 Å². The lowest BCUT2D eigenvalue weighted by molar-refractivity contribution is 0.401. The highest BCUT2D eigenvalue weighted by molar-refractivity contribution is 7.89. The SMILES string of the molecule is CCCN(Cc1ccccc1)S(=O)(=O)c1cc(F)ccc1F. The van der Waals surface area contributed by atoms with Crippen LogP contribution in [0.15, 0.2) is 53.4 Å². The molecular weight excluding hydrogens is 308 g/mol. The summed E-state index contributed by atoms with van der Waals surface area (Å²) in [5.74, 6) is -1.73. The molecule has 0 N–H and O–H groups in total. The molecule has 0 spiro atoms. The van der Waals surface area contributed by atoms with E-state index in [2.05, 4.69) is 0 Å². The molecule has 0 saturated carbocycles. The zero-order valence-corrected chi connectivity index (χ0v) is 13.0. The third kappa shape index (κ3) is 3.69. The first-order chi connectivity index (χ1) is 10.4. The fourth-order valence-corrected chi connectivity index (χ4v) is 3.73. The number of nitrogens with zero attached hydrogens (tertiary/aromatic N) is 1. The van der Waals surface area contributed by atoms with E-state index in [9.17, 15) is 17.2 Å². The minimum atomic E-state index is -4.10. The lowest BCUT2D eigenvalue weighted by Crippen LogP contribution is -2.32. The van der Waals surface area contributed by atoms with Crippen LogP contribution in [0.3, 0.4) is 0 Å².